The van der Waals surface area contributed by atoms with E-state index in [0.717, 1.165) is 0 Å². The van der Waals surface area contributed by atoms with Gasteiger partial charge in [0.25, 0.3) is 5.91 Å². The van der Waals surface area contributed by atoms with E-state index in [1.165, 1.54) is 4.90 Å². The van der Waals surface area contributed by atoms with Crippen LogP contribution in [-0.2, 0) is 9.59 Å². The smallest absolute Gasteiger partial charge is 0.341 e. The van der Waals surface area contributed by atoms with Crippen LogP contribution in [0.5, 0.6) is 5.75 Å². The van der Waals surface area contributed by atoms with E-state index in [0.29, 0.717) is 16.4 Å². The molecule has 1 saturated heterocycles. The lowest BCUT2D eigenvalue weighted by Crippen LogP contribution is -2.26. The van der Waals surface area contributed by atoms with Crippen molar-refractivity contribution in [2.24, 2.45) is 0 Å². The number of likely N-dealkylation sites (N-methyl/N-ethyl adjacent to an activating group) is 2. The van der Waals surface area contributed by atoms with Crippen molar-refractivity contribution in [3.8, 4) is 5.75 Å². The van der Waals surface area contributed by atoms with E-state index in [9.17, 15) is 9.59 Å². The molecule has 0 atom stereocenters. The molecule has 0 saturated carbocycles. The molecule has 1 N–H and O–H groups in total. The van der Waals surface area contributed by atoms with E-state index < -0.39 is 12.6 Å². The highest BCUT2D eigenvalue weighted by Crippen LogP contribution is 2.28. The van der Waals surface area contributed by atoms with Gasteiger partial charge in [0.05, 0.1) is 5.02 Å². The summed E-state index contributed by atoms with van der Waals surface area (Å²) in [4.78, 5) is 25.5. The molecule has 0 aromatic heterocycles. The SMILES string of the molecule is CN1C(=O)C(=Cc2ccc(OCC(=O)O)c(Cl)c2)N(C)C1=S. The second-order valence-electron chi connectivity index (χ2n) is 4.61. The first-order valence-corrected chi connectivity index (χ1v) is 7.01. The lowest BCUT2D eigenvalue weighted by molar-refractivity contribution is -0.139. The molecular formula is C14H13ClN2O4S. The molecule has 8 heteroatoms. The zero-order valence-corrected chi connectivity index (χ0v) is 13.4. The average Bonchev–Trinajstić information content (AvgIpc) is 2.64. The minimum absolute atomic E-state index is 0.199. The maximum atomic E-state index is 12.1. The van der Waals surface area contributed by atoms with Crippen molar-refractivity contribution >= 4 is 46.9 Å². The summed E-state index contributed by atoms with van der Waals surface area (Å²) in [5.41, 5.74) is 1.11. The van der Waals surface area contributed by atoms with Crippen LogP contribution in [0.4, 0.5) is 0 Å². The van der Waals surface area contributed by atoms with Crippen LogP contribution < -0.4 is 4.74 Å². The van der Waals surface area contributed by atoms with Crippen LogP contribution in [-0.4, -0.2) is 52.6 Å². The number of thiocarbonyl (C=S) groups is 1. The number of amides is 1. The number of halogens is 1. The molecular weight excluding hydrogens is 328 g/mol. The zero-order valence-electron chi connectivity index (χ0n) is 11.9. The van der Waals surface area contributed by atoms with Crippen LogP contribution in [0.1, 0.15) is 5.56 Å². The van der Waals surface area contributed by atoms with Gasteiger partial charge >= 0.3 is 5.97 Å². The van der Waals surface area contributed by atoms with Crippen molar-refractivity contribution in [1.29, 1.82) is 0 Å². The standard InChI is InChI=1S/C14H13ClN2O4S/c1-16-10(13(20)17(2)14(16)22)6-8-3-4-11(9(15)5-8)21-7-12(18)19/h3-6H,7H2,1-2H3,(H,18,19). The van der Waals surface area contributed by atoms with Crippen LogP contribution in [0.25, 0.3) is 6.08 Å². The second kappa shape index (κ2) is 6.33. The monoisotopic (exact) mass is 340 g/mol. The Labute approximate surface area is 137 Å². The highest BCUT2D eigenvalue weighted by molar-refractivity contribution is 7.80. The molecule has 0 unspecified atom stereocenters. The van der Waals surface area contributed by atoms with Gasteiger partial charge in [0.2, 0.25) is 0 Å². The van der Waals surface area contributed by atoms with Crippen LogP contribution >= 0.6 is 23.8 Å². The number of aliphatic carboxylic acids is 1. The fraction of sp³-hybridized carbons (Fsp3) is 0.214. The van der Waals surface area contributed by atoms with Crippen LogP contribution in [0.2, 0.25) is 5.02 Å². The number of ether oxygens (including phenoxy) is 1. The van der Waals surface area contributed by atoms with Gasteiger partial charge in [-0.05, 0) is 36.0 Å². The van der Waals surface area contributed by atoms with E-state index in [1.54, 1.807) is 43.3 Å². The van der Waals surface area contributed by atoms with Crippen molar-refractivity contribution < 1.29 is 19.4 Å². The fourth-order valence-corrected chi connectivity index (χ4v) is 2.33. The molecule has 1 fully saturated rings. The van der Waals surface area contributed by atoms with Gasteiger partial charge in [-0.15, -0.1) is 0 Å². The van der Waals surface area contributed by atoms with Crippen LogP contribution in [0, 0.1) is 0 Å². The molecule has 0 spiro atoms. The summed E-state index contributed by atoms with van der Waals surface area (Å²) in [5, 5.41) is 9.26. The number of carbonyl (C=O) groups excluding carboxylic acids is 1. The molecule has 1 aliphatic rings. The van der Waals surface area contributed by atoms with Crippen molar-refractivity contribution in [1.82, 2.24) is 9.80 Å². The molecule has 0 aliphatic carbocycles. The fourth-order valence-electron chi connectivity index (χ4n) is 1.91. The Kier molecular flexibility index (Phi) is 4.68. The third kappa shape index (κ3) is 3.20. The molecule has 116 valence electrons. The molecule has 2 rings (SSSR count). The maximum absolute atomic E-state index is 12.1. The predicted molar refractivity (Wildman–Crippen MR) is 85.7 cm³/mol. The highest BCUT2D eigenvalue weighted by atomic mass is 35.5. The summed E-state index contributed by atoms with van der Waals surface area (Å²) in [6.07, 6.45) is 1.66. The van der Waals surface area contributed by atoms with Crippen molar-refractivity contribution in [2.45, 2.75) is 0 Å². The Bertz CT molecular complexity index is 689. The molecule has 0 bridgehead atoms. The summed E-state index contributed by atoms with van der Waals surface area (Å²) in [6.45, 7) is -0.472. The van der Waals surface area contributed by atoms with E-state index >= 15 is 0 Å². The third-order valence-electron chi connectivity index (χ3n) is 3.07. The Morgan fingerprint density at radius 1 is 1.41 bits per heavy atom. The van der Waals surface area contributed by atoms with E-state index in [4.69, 9.17) is 33.7 Å². The molecule has 22 heavy (non-hydrogen) atoms. The van der Waals surface area contributed by atoms with Gasteiger partial charge in [-0.25, -0.2) is 4.79 Å². The first kappa shape index (κ1) is 16.3. The van der Waals surface area contributed by atoms with Crippen molar-refractivity contribution in [3.05, 3.63) is 34.5 Å². The Morgan fingerprint density at radius 2 is 2.09 bits per heavy atom. The van der Waals surface area contributed by atoms with Gasteiger partial charge in [-0.2, -0.15) is 0 Å². The lowest BCUT2D eigenvalue weighted by atomic mass is 10.1. The summed E-state index contributed by atoms with van der Waals surface area (Å²) in [7, 11) is 3.32. The van der Waals surface area contributed by atoms with Crippen LogP contribution in [0.15, 0.2) is 23.9 Å². The Hall–Kier alpha value is -2.12. The maximum Gasteiger partial charge on any atom is 0.341 e. The van der Waals surface area contributed by atoms with E-state index in [1.807, 2.05) is 0 Å². The molecule has 1 aromatic rings. The van der Waals surface area contributed by atoms with Crippen LogP contribution in [0.3, 0.4) is 0 Å². The summed E-state index contributed by atoms with van der Waals surface area (Å²) < 4.78 is 5.04. The molecule has 1 aromatic carbocycles. The number of hydrogen-bond acceptors (Lipinski definition) is 4. The van der Waals surface area contributed by atoms with E-state index in [-0.39, 0.29) is 16.7 Å². The molecule has 0 radical (unpaired) electrons. The number of hydrogen-bond donors (Lipinski definition) is 1. The van der Waals surface area contributed by atoms with Gasteiger partial charge in [0.1, 0.15) is 11.4 Å². The second-order valence-corrected chi connectivity index (χ2v) is 5.38. The Balaban J connectivity index is 2.26. The topological polar surface area (TPSA) is 70.1 Å². The quantitative estimate of drug-likeness (QED) is 0.666. The van der Waals surface area contributed by atoms with Gasteiger partial charge in [0.15, 0.2) is 11.7 Å². The largest absolute Gasteiger partial charge is 0.480 e. The first-order chi connectivity index (χ1) is 10.3. The minimum atomic E-state index is -1.09. The average molecular weight is 341 g/mol. The van der Waals surface area contributed by atoms with Crippen molar-refractivity contribution in [2.75, 3.05) is 20.7 Å². The summed E-state index contributed by atoms with van der Waals surface area (Å²) in [5.74, 6) is -1.02. The first-order valence-electron chi connectivity index (χ1n) is 6.23. The molecule has 6 nitrogen and oxygen atoms in total. The van der Waals surface area contributed by atoms with Gasteiger partial charge in [-0.1, -0.05) is 17.7 Å². The molecule has 1 heterocycles. The number of rotatable bonds is 4. The van der Waals surface area contributed by atoms with E-state index in [2.05, 4.69) is 0 Å². The number of carboxylic acids is 1. The molecule has 1 aliphatic heterocycles. The summed E-state index contributed by atoms with van der Waals surface area (Å²) >= 11 is 11.2. The van der Waals surface area contributed by atoms with Gasteiger partial charge < -0.3 is 14.7 Å². The molecule has 1 amide bonds. The predicted octanol–water partition coefficient (Wildman–Crippen LogP) is 1.83. The number of benzene rings is 1. The minimum Gasteiger partial charge on any atom is -0.480 e. The number of nitrogens with zero attached hydrogens (tertiary/aromatic N) is 2. The highest BCUT2D eigenvalue weighted by Gasteiger charge is 2.32. The third-order valence-corrected chi connectivity index (χ3v) is 3.91. The number of carboxylic acid groups (broad SMARTS) is 1. The summed E-state index contributed by atoms with van der Waals surface area (Å²) in [6, 6.07) is 4.83. The van der Waals surface area contributed by atoms with Gasteiger partial charge in [-0.3, -0.25) is 9.69 Å². The van der Waals surface area contributed by atoms with Crippen molar-refractivity contribution in [3.63, 3.8) is 0 Å². The van der Waals surface area contributed by atoms with Gasteiger partial charge in [0, 0.05) is 14.1 Å². The zero-order chi connectivity index (χ0) is 16.4. The normalized spacial score (nSPS) is 16.6. The lowest BCUT2D eigenvalue weighted by Gasteiger charge is -2.11. The number of carbonyl (C=O) groups is 2. The Morgan fingerprint density at radius 3 is 2.59 bits per heavy atom.